The predicted octanol–water partition coefficient (Wildman–Crippen LogP) is 4.45. The van der Waals surface area contributed by atoms with Crippen molar-refractivity contribution in [2.45, 2.75) is 32.6 Å². The van der Waals surface area contributed by atoms with Crippen LogP contribution in [0.4, 0.5) is 20.3 Å². The number of likely N-dealkylation sites (N-methyl/N-ethyl adjacent to an activating group) is 1. The van der Waals surface area contributed by atoms with Crippen LogP contribution >= 0.6 is 0 Å². The third-order valence-electron chi connectivity index (χ3n) is 7.27. The Morgan fingerprint density at radius 2 is 1.86 bits per heavy atom. The average Bonchev–Trinajstić information content (AvgIpc) is 3.40. The number of benzene rings is 2. The molecule has 0 aliphatic carbocycles. The summed E-state index contributed by atoms with van der Waals surface area (Å²) in [5.41, 5.74) is 8.29. The predicted molar refractivity (Wildman–Crippen MR) is 161 cm³/mol. The number of imidazole rings is 1. The van der Waals surface area contributed by atoms with Gasteiger partial charge in [-0.2, -0.15) is 4.39 Å². The number of unbranched alkanes of at least 4 members (excludes halogenated alkanes) is 2. The molecule has 2 aromatic heterocycles. The monoisotopic (exact) mass is 594 g/mol. The highest BCUT2D eigenvalue weighted by atomic mass is 19.2. The molecular formula is C31H38F2N7O3+. The first-order chi connectivity index (χ1) is 20.5. The molecule has 2 amide bonds. The Hall–Kier alpha value is -4.58. The molecule has 2 aromatic carbocycles. The second kappa shape index (κ2) is 13.6. The fourth-order valence-electron chi connectivity index (χ4n) is 5.06. The molecule has 0 bridgehead atoms. The van der Waals surface area contributed by atoms with Crippen LogP contribution in [0.25, 0.3) is 16.9 Å². The number of ether oxygens (including phenoxy) is 1. The Kier molecular flexibility index (Phi) is 9.92. The van der Waals surface area contributed by atoms with Crippen molar-refractivity contribution in [3.63, 3.8) is 0 Å². The van der Waals surface area contributed by atoms with Crippen LogP contribution in [0.15, 0.2) is 48.9 Å². The topological polar surface area (TPSA) is 124 Å². The van der Waals surface area contributed by atoms with Crippen molar-refractivity contribution < 1.29 is 27.6 Å². The maximum Gasteiger partial charge on any atom is 0.272 e. The summed E-state index contributed by atoms with van der Waals surface area (Å²) in [7, 11) is 5.23. The molecule has 0 aliphatic rings. The van der Waals surface area contributed by atoms with Crippen LogP contribution < -0.4 is 21.1 Å². The number of halogens is 2. The molecule has 0 fully saturated rings. The number of aryl methyl sites for hydroxylation is 1. The molecule has 0 unspecified atom stereocenters. The second-order valence-corrected chi connectivity index (χ2v) is 11.0. The number of carbonyl (C=O) groups excluding carboxylic acids is 2. The van der Waals surface area contributed by atoms with Crippen LogP contribution in [0.2, 0.25) is 0 Å². The standard InChI is InChI=1S/C31H37F2N7O3/c1-5-20-17-21(9-10-22(20)31(42)36-13-7-6-8-16-40(2,3)19-26(34)41)38-29-30-37-18-24(39(30)15-14-35-29)23-11-12-25(43-4)28(33)27(23)32/h9-12,14-15,17-18H,5-8,13,16,19H2,1-4H3,(H3-,34,35,36,38,41,42)/p+1. The summed E-state index contributed by atoms with van der Waals surface area (Å²) < 4.78 is 36.2. The van der Waals surface area contributed by atoms with E-state index in [1.807, 2.05) is 27.1 Å². The molecule has 0 spiro atoms. The van der Waals surface area contributed by atoms with Gasteiger partial charge in [0, 0.05) is 35.8 Å². The number of anilines is 2. The maximum atomic E-state index is 14.8. The van der Waals surface area contributed by atoms with Gasteiger partial charge in [-0.15, -0.1) is 0 Å². The minimum Gasteiger partial charge on any atom is -0.494 e. The molecule has 43 heavy (non-hydrogen) atoms. The lowest BCUT2D eigenvalue weighted by Crippen LogP contribution is -2.46. The zero-order valence-corrected chi connectivity index (χ0v) is 24.9. The van der Waals surface area contributed by atoms with Crippen LogP contribution in [-0.2, 0) is 11.2 Å². The SMILES string of the molecule is CCc1cc(Nc2nccn3c(-c4ccc(OC)c(F)c4F)cnc23)ccc1C(=O)NCCCCC[N+](C)(C)CC(N)=O. The molecule has 0 radical (unpaired) electrons. The van der Waals surface area contributed by atoms with Crippen molar-refractivity contribution >= 4 is 29.0 Å². The first kappa shape index (κ1) is 31.4. The molecule has 4 N–H and O–H groups in total. The van der Waals surface area contributed by atoms with E-state index < -0.39 is 11.6 Å². The Morgan fingerprint density at radius 3 is 2.58 bits per heavy atom. The van der Waals surface area contributed by atoms with Crippen LogP contribution in [0.1, 0.15) is 42.1 Å². The number of carbonyl (C=O) groups is 2. The third kappa shape index (κ3) is 7.44. The van der Waals surface area contributed by atoms with Crippen molar-refractivity contribution in [2.75, 3.05) is 46.2 Å². The molecule has 0 saturated heterocycles. The molecule has 12 heteroatoms. The fourth-order valence-corrected chi connectivity index (χ4v) is 5.06. The van der Waals surface area contributed by atoms with E-state index in [0.29, 0.717) is 52.4 Å². The van der Waals surface area contributed by atoms with Crippen molar-refractivity contribution in [1.82, 2.24) is 19.7 Å². The Bertz CT molecular complexity index is 1620. The molecule has 2 heterocycles. The van der Waals surface area contributed by atoms with Crippen molar-refractivity contribution in [3.8, 4) is 17.0 Å². The van der Waals surface area contributed by atoms with Gasteiger partial charge in [0.1, 0.15) is 0 Å². The van der Waals surface area contributed by atoms with Gasteiger partial charge >= 0.3 is 0 Å². The van der Waals surface area contributed by atoms with Crippen LogP contribution in [-0.4, -0.2) is 71.5 Å². The summed E-state index contributed by atoms with van der Waals surface area (Å²) in [6.07, 6.45) is 7.95. The lowest BCUT2D eigenvalue weighted by Gasteiger charge is -2.28. The van der Waals surface area contributed by atoms with Gasteiger partial charge in [-0.25, -0.2) is 14.4 Å². The van der Waals surface area contributed by atoms with E-state index in [2.05, 4.69) is 20.6 Å². The number of primary amides is 1. The number of quaternary nitrogens is 1. The van der Waals surface area contributed by atoms with E-state index in [9.17, 15) is 18.4 Å². The minimum atomic E-state index is -1.07. The summed E-state index contributed by atoms with van der Waals surface area (Å²) in [6, 6.07) is 8.26. The number of rotatable bonds is 14. The maximum absolute atomic E-state index is 14.8. The number of amides is 2. The molecule has 4 aromatic rings. The van der Waals surface area contributed by atoms with Gasteiger partial charge in [-0.3, -0.25) is 14.0 Å². The van der Waals surface area contributed by atoms with Gasteiger partial charge in [-0.05, 0) is 61.6 Å². The lowest BCUT2D eigenvalue weighted by molar-refractivity contribution is -0.882. The zero-order chi connectivity index (χ0) is 31.1. The highest BCUT2D eigenvalue weighted by Gasteiger charge is 2.20. The smallest absolute Gasteiger partial charge is 0.272 e. The highest BCUT2D eigenvalue weighted by molar-refractivity contribution is 5.96. The summed E-state index contributed by atoms with van der Waals surface area (Å²) in [6.45, 7) is 3.67. The van der Waals surface area contributed by atoms with Gasteiger partial charge in [0.2, 0.25) is 5.82 Å². The number of nitrogens with two attached hydrogens (primary N) is 1. The molecule has 4 rings (SSSR count). The van der Waals surface area contributed by atoms with E-state index in [1.165, 1.54) is 25.4 Å². The third-order valence-corrected chi connectivity index (χ3v) is 7.27. The number of fused-ring (bicyclic) bond motifs is 1. The van der Waals surface area contributed by atoms with Gasteiger partial charge in [0.15, 0.2) is 29.6 Å². The summed E-state index contributed by atoms with van der Waals surface area (Å²) in [4.78, 5) is 32.9. The number of nitrogens with one attached hydrogen (secondary N) is 2. The average molecular weight is 595 g/mol. The minimum absolute atomic E-state index is 0.0395. The molecule has 0 aliphatic heterocycles. The Balaban J connectivity index is 1.41. The van der Waals surface area contributed by atoms with Crippen molar-refractivity contribution in [1.29, 1.82) is 0 Å². The van der Waals surface area contributed by atoms with E-state index in [1.54, 1.807) is 28.9 Å². The van der Waals surface area contributed by atoms with Crippen LogP contribution in [0.5, 0.6) is 5.75 Å². The van der Waals surface area contributed by atoms with E-state index in [0.717, 1.165) is 31.4 Å². The lowest BCUT2D eigenvalue weighted by atomic mass is 10.0. The largest absolute Gasteiger partial charge is 0.494 e. The first-order valence-electron chi connectivity index (χ1n) is 14.2. The van der Waals surface area contributed by atoms with Gasteiger partial charge in [0.25, 0.3) is 11.8 Å². The summed E-state index contributed by atoms with van der Waals surface area (Å²) in [5.74, 6) is -2.31. The molecule has 0 saturated carbocycles. The van der Waals surface area contributed by atoms with Crippen LogP contribution in [0, 0.1) is 11.6 Å². The summed E-state index contributed by atoms with van der Waals surface area (Å²) in [5, 5.41) is 6.24. The number of aromatic nitrogens is 3. The number of methoxy groups -OCH3 is 1. The second-order valence-electron chi connectivity index (χ2n) is 11.0. The Labute approximate surface area is 249 Å². The highest BCUT2D eigenvalue weighted by Crippen LogP contribution is 2.31. The molecule has 228 valence electrons. The molecular weight excluding hydrogens is 556 g/mol. The summed E-state index contributed by atoms with van der Waals surface area (Å²) >= 11 is 0. The van der Waals surface area contributed by atoms with Gasteiger partial charge in [0.05, 0.1) is 39.6 Å². The Morgan fingerprint density at radius 1 is 1.07 bits per heavy atom. The van der Waals surface area contributed by atoms with Gasteiger partial charge in [-0.1, -0.05) is 6.92 Å². The van der Waals surface area contributed by atoms with Crippen molar-refractivity contribution in [3.05, 3.63) is 71.7 Å². The normalized spacial score (nSPS) is 11.5. The van der Waals surface area contributed by atoms with E-state index in [-0.39, 0.29) is 23.1 Å². The van der Waals surface area contributed by atoms with E-state index >= 15 is 0 Å². The molecule has 0 atom stereocenters. The number of hydrogen-bond acceptors (Lipinski definition) is 6. The fraction of sp³-hybridized carbons (Fsp3) is 0.355. The van der Waals surface area contributed by atoms with E-state index in [4.69, 9.17) is 10.5 Å². The number of nitrogens with zero attached hydrogens (tertiary/aromatic N) is 4. The van der Waals surface area contributed by atoms with Gasteiger partial charge < -0.3 is 25.6 Å². The first-order valence-corrected chi connectivity index (χ1v) is 14.2. The zero-order valence-electron chi connectivity index (χ0n) is 24.9. The number of hydrogen-bond donors (Lipinski definition) is 3. The van der Waals surface area contributed by atoms with Crippen LogP contribution in [0.3, 0.4) is 0 Å². The quantitative estimate of drug-likeness (QED) is 0.146. The van der Waals surface area contributed by atoms with Crippen molar-refractivity contribution in [2.24, 2.45) is 5.73 Å². The molecule has 10 nitrogen and oxygen atoms in total.